The number of aliphatic hydroxyl groups is 1. The number of rotatable bonds is 4. The molecule has 0 aliphatic rings. The summed E-state index contributed by atoms with van der Waals surface area (Å²) in [6, 6.07) is 5.84. The van der Waals surface area contributed by atoms with Crippen molar-refractivity contribution in [2.24, 2.45) is 5.73 Å². The van der Waals surface area contributed by atoms with E-state index >= 15 is 0 Å². The monoisotopic (exact) mass is 243 g/mol. The highest BCUT2D eigenvalue weighted by atomic mass is 32.2. The maximum atomic E-state index is 11.5. The van der Waals surface area contributed by atoms with E-state index in [4.69, 9.17) is 5.73 Å². The van der Waals surface area contributed by atoms with Gasteiger partial charge in [0.15, 0.2) is 9.84 Å². The van der Waals surface area contributed by atoms with Crippen molar-refractivity contribution in [3.63, 3.8) is 0 Å². The van der Waals surface area contributed by atoms with E-state index < -0.39 is 22.0 Å². The molecule has 0 fully saturated rings. The molecule has 0 amide bonds. The topological polar surface area (TPSA) is 80.4 Å². The number of hydrogen-bond acceptors (Lipinski definition) is 4. The van der Waals surface area contributed by atoms with Crippen molar-refractivity contribution >= 4 is 9.84 Å². The van der Waals surface area contributed by atoms with Crippen LogP contribution in [0.4, 0.5) is 0 Å². The third-order valence-electron chi connectivity index (χ3n) is 2.52. The highest BCUT2D eigenvalue weighted by Gasteiger charge is 2.14. The Bertz CT molecular complexity index is 437. The molecule has 3 N–H and O–H groups in total. The van der Waals surface area contributed by atoms with Crippen LogP contribution in [0.2, 0.25) is 0 Å². The zero-order chi connectivity index (χ0) is 12.3. The maximum Gasteiger partial charge on any atom is 0.178 e. The number of aliphatic hydroxyl groups excluding tert-OH is 1. The van der Waals surface area contributed by atoms with Gasteiger partial charge in [-0.25, -0.2) is 8.42 Å². The van der Waals surface area contributed by atoms with E-state index in [1.807, 2.05) is 0 Å². The van der Waals surface area contributed by atoms with E-state index in [2.05, 4.69) is 0 Å². The van der Waals surface area contributed by atoms with Crippen LogP contribution in [-0.2, 0) is 9.84 Å². The molecule has 2 atom stereocenters. The molecule has 90 valence electrons. The molecule has 0 aliphatic heterocycles. The van der Waals surface area contributed by atoms with Crippen LogP contribution >= 0.6 is 0 Å². The second-order valence-electron chi connectivity index (χ2n) is 3.74. The first-order valence-electron chi connectivity index (χ1n) is 5.15. The zero-order valence-electron chi connectivity index (χ0n) is 9.42. The lowest BCUT2D eigenvalue weighted by molar-refractivity contribution is 0.164. The summed E-state index contributed by atoms with van der Waals surface area (Å²) >= 11 is 0. The molecule has 0 radical (unpaired) electrons. The Morgan fingerprint density at radius 3 is 2.19 bits per heavy atom. The molecule has 0 aromatic heterocycles. The van der Waals surface area contributed by atoms with Gasteiger partial charge in [-0.3, -0.25) is 0 Å². The summed E-state index contributed by atoms with van der Waals surface area (Å²) in [6.07, 6.45) is -0.659. The molecular weight excluding hydrogens is 226 g/mol. The summed E-state index contributed by atoms with van der Waals surface area (Å²) in [6.45, 7) is 3.20. The smallest absolute Gasteiger partial charge is 0.178 e. The molecule has 16 heavy (non-hydrogen) atoms. The van der Waals surface area contributed by atoms with Gasteiger partial charge in [-0.2, -0.15) is 0 Å². The molecule has 1 rings (SSSR count). The highest BCUT2D eigenvalue weighted by molar-refractivity contribution is 7.91. The van der Waals surface area contributed by atoms with Gasteiger partial charge in [-0.05, 0) is 24.6 Å². The Kier molecular flexibility index (Phi) is 4.07. The lowest BCUT2D eigenvalue weighted by Crippen LogP contribution is -2.23. The van der Waals surface area contributed by atoms with E-state index in [1.165, 1.54) is 12.1 Å². The van der Waals surface area contributed by atoms with Crippen molar-refractivity contribution in [3.05, 3.63) is 29.8 Å². The van der Waals surface area contributed by atoms with Gasteiger partial charge in [0, 0.05) is 0 Å². The van der Waals surface area contributed by atoms with E-state index in [1.54, 1.807) is 26.0 Å². The van der Waals surface area contributed by atoms with Crippen molar-refractivity contribution in [1.82, 2.24) is 0 Å². The largest absolute Gasteiger partial charge is 0.391 e. The fourth-order valence-electron chi connectivity index (χ4n) is 1.34. The number of nitrogens with two attached hydrogens (primary N) is 1. The van der Waals surface area contributed by atoms with Crippen molar-refractivity contribution in [1.29, 1.82) is 0 Å². The van der Waals surface area contributed by atoms with Crippen LogP contribution in [0, 0.1) is 0 Å². The average Bonchev–Trinajstić information content (AvgIpc) is 2.28. The van der Waals surface area contributed by atoms with Crippen molar-refractivity contribution in [2.45, 2.75) is 30.9 Å². The minimum absolute atomic E-state index is 0.0782. The summed E-state index contributed by atoms with van der Waals surface area (Å²) in [5.41, 5.74) is 6.46. The fourth-order valence-corrected chi connectivity index (χ4v) is 2.23. The van der Waals surface area contributed by atoms with Gasteiger partial charge >= 0.3 is 0 Å². The zero-order valence-corrected chi connectivity index (χ0v) is 10.2. The van der Waals surface area contributed by atoms with Gasteiger partial charge in [0.05, 0.1) is 22.8 Å². The van der Waals surface area contributed by atoms with Gasteiger partial charge < -0.3 is 10.8 Å². The third-order valence-corrected chi connectivity index (χ3v) is 4.27. The predicted molar refractivity (Wildman–Crippen MR) is 62.8 cm³/mol. The van der Waals surface area contributed by atoms with Gasteiger partial charge in [0.1, 0.15) is 0 Å². The van der Waals surface area contributed by atoms with Crippen LogP contribution in [0.5, 0.6) is 0 Å². The Balaban J connectivity index is 3.01. The van der Waals surface area contributed by atoms with Crippen LogP contribution in [0.15, 0.2) is 29.2 Å². The van der Waals surface area contributed by atoms with Crippen LogP contribution in [-0.4, -0.2) is 25.4 Å². The molecule has 1 aromatic rings. The Labute approximate surface area is 96.0 Å². The number of sulfone groups is 1. The van der Waals surface area contributed by atoms with Crippen molar-refractivity contribution in [2.75, 3.05) is 5.75 Å². The second-order valence-corrected chi connectivity index (χ2v) is 6.02. The Morgan fingerprint density at radius 2 is 1.81 bits per heavy atom. The van der Waals surface area contributed by atoms with E-state index in [0.717, 1.165) is 5.56 Å². The minimum atomic E-state index is -3.16. The van der Waals surface area contributed by atoms with E-state index in [0.29, 0.717) is 0 Å². The molecule has 0 bridgehead atoms. The molecule has 5 heteroatoms. The molecule has 0 saturated carbocycles. The van der Waals surface area contributed by atoms with Gasteiger partial charge in [-0.15, -0.1) is 0 Å². The van der Waals surface area contributed by atoms with Gasteiger partial charge in [-0.1, -0.05) is 19.1 Å². The summed E-state index contributed by atoms with van der Waals surface area (Å²) in [5.74, 6) is 0.0782. The lowest BCUT2D eigenvalue weighted by atomic mass is 10.0. The molecule has 4 nitrogen and oxygen atoms in total. The molecule has 1 aromatic carbocycles. The first-order valence-corrected chi connectivity index (χ1v) is 6.80. The van der Waals surface area contributed by atoms with Gasteiger partial charge in [0.2, 0.25) is 0 Å². The first-order chi connectivity index (χ1) is 7.38. The average molecular weight is 243 g/mol. The summed E-state index contributed by atoms with van der Waals surface area (Å²) in [7, 11) is -3.16. The highest BCUT2D eigenvalue weighted by Crippen LogP contribution is 2.18. The summed E-state index contributed by atoms with van der Waals surface area (Å²) in [4.78, 5) is 0.288. The number of hydrogen-bond donors (Lipinski definition) is 2. The standard InChI is InChI=1S/C11H17NO3S/c1-3-16(14,15)10-6-4-9(5-7-10)11(12)8(2)13/h4-8,11,13H,3,12H2,1-2H3/t8-,11-/m1/s1. The summed E-state index contributed by atoms with van der Waals surface area (Å²) < 4.78 is 23.1. The minimum Gasteiger partial charge on any atom is -0.391 e. The molecule has 0 aliphatic carbocycles. The summed E-state index contributed by atoms with van der Waals surface area (Å²) in [5, 5.41) is 9.31. The normalized spacial score (nSPS) is 15.8. The molecule has 0 spiro atoms. The van der Waals surface area contributed by atoms with E-state index in [9.17, 15) is 13.5 Å². The number of benzene rings is 1. The molecule has 0 saturated heterocycles. The molecular formula is C11H17NO3S. The molecule has 0 heterocycles. The van der Waals surface area contributed by atoms with Crippen molar-refractivity contribution in [3.8, 4) is 0 Å². The van der Waals surface area contributed by atoms with Crippen LogP contribution < -0.4 is 5.73 Å². The first kappa shape index (κ1) is 13.2. The quantitative estimate of drug-likeness (QED) is 0.822. The fraction of sp³-hybridized carbons (Fsp3) is 0.455. The van der Waals surface area contributed by atoms with Gasteiger partial charge in [0.25, 0.3) is 0 Å². The SMILES string of the molecule is CCS(=O)(=O)c1ccc([C@H](N)[C@@H](C)O)cc1. The molecule has 0 unspecified atom stereocenters. The Morgan fingerprint density at radius 1 is 1.31 bits per heavy atom. The lowest BCUT2D eigenvalue weighted by Gasteiger charge is -2.15. The van der Waals surface area contributed by atoms with Crippen LogP contribution in [0.1, 0.15) is 25.5 Å². The van der Waals surface area contributed by atoms with Crippen LogP contribution in [0.25, 0.3) is 0 Å². The van der Waals surface area contributed by atoms with Crippen molar-refractivity contribution < 1.29 is 13.5 Å². The second kappa shape index (κ2) is 4.95. The maximum absolute atomic E-state index is 11.5. The third kappa shape index (κ3) is 2.81. The van der Waals surface area contributed by atoms with Crippen LogP contribution in [0.3, 0.4) is 0 Å². The van der Waals surface area contributed by atoms with E-state index in [-0.39, 0.29) is 10.6 Å². The predicted octanol–water partition coefficient (Wildman–Crippen LogP) is 0.861. The Hall–Kier alpha value is -0.910.